The van der Waals surface area contributed by atoms with Crippen molar-refractivity contribution in [2.75, 3.05) is 0 Å². The van der Waals surface area contributed by atoms with Gasteiger partial charge < -0.3 is 0 Å². The molecule has 1 heterocycles. The predicted octanol–water partition coefficient (Wildman–Crippen LogP) is 2.56. The molecule has 2 rings (SSSR count). The number of benzene rings is 1. The fourth-order valence-corrected chi connectivity index (χ4v) is 1.57. The Labute approximate surface area is 86.4 Å². The van der Waals surface area contributed by atoms with Crippen LogP contribution in [0.4, 0.5) is 0 Å². The number of pyridine rings is 1. The van der Waals surface area contributed by atoms with E-state index in [0.29, 0.717) is 0 Å². The minimum atomic E-state index is 1.03. The molecule has 0 aliphatic heterocycles. The summed E-state index contributed by atoms with van der Waals surface area (Å²) in [7, 11) is 2.68. The van der Waals surface area contributed by atoms with Crippen LogP contribution in [0.25, 0.3) is 11.3 Å². The Morgan fingerprint density at radius 2 is 1.79 bits per heavy atom. The molecule has 1 nitrogen and oxygen atoms in total. The average Bonchev–Trinajstić information content (AvgIpc) is 2.19. The van der Waals surface area contributed by atoms with Gasteiger partial charge in [0.2, 0.25) is 0 Å². The SMILES string of the molecule is Cc1ccc(-c2cc(P)ccn2)cc1. The maximum atomic E-state index is 4.33. The van der Waals surface area contributed by atoms with E-state index in [0.717, 1.165) is 11.0 Å². The van der Waals surface area contributed by atoms with Crippen molar-refractivity contribution in [1.29, 1.82) is 0 Å². The van der Waals surface area contributed by atoms with E-state index in [1.807, 2.05) is 12.3 Å². The van der Waals surface area contributed by atoms with E-state index in [1.54, 1.807) is 0 Å². The lowest BCUT2D eigenvalue weighted by atomic mass is 10.1. The molecule has 0 saturated carbocycles. The standard InChI is InChI=1S/C12H12NP/c1-9-2-4-10(5-3-9)12-8-11(14)6-7-13-12/h2-8H,14H2,1H3. The van der Waals surface area contributed by atoms with Crippen molar-refractivity contribution in [1.82, 2.24) is 4.98 Å². The molecule has 2 aromatic rings. The van der Waals surface area contributed by atoms with Crippen molar-refractivity contribution >= 4 is 14.5 Å². The molecular weight excluding hydrogens is 189 g/mol. The second-order valence-electron chi connectivity index (χ2n) is 3.34. The van der Waals surface area contributed by atoms with Gasteiger partial charge in [0.25, 0.3) is 0 Å². The topological polar surface area (TPSA) is 12.9 Å². The van der Waals surface area contributed by atoms with E-state index in [4.69, 9.17) is 0 Å². The van der Waals surface area contributed by atoms with E-state index < -0.39 is 0 Å². The van der Waals surface area contributed by atoms with E-state index in [2.05, 4.69) is 51.5 Å². The lowest BCUT2D eigenvalue weighted by Crippen LogP contribution is -1.92. The second kappa shape index (κ2) is 3.89. The molecule has 2 heteroatoms. The third-order valence-electron chi connectivity index (χ3n) is 2.13. The van der Waals surface area contributed by atoms with Crippen LogP contribution in [0.3, 0.4) is 0 Å². The maximum Gasteiger partial charge on any atom is 0.0708 e. The fourth-order valence-electron chi connectivity index (χ4n) is 1.33. The molecule has 1 unspecified atom stereocenters. The van der Waals surface area contributed by atoms with E-state index in [9.17, 15) is 0 Å². The summed E-state index contributed by atoms with van der Waals surface area (Å²) in [6.45, 7) is 2.09. The lowest BCUT2D eigenvalue weighted by Gasteiger charge is -2.01. The van der Waals surface area contributed by atoms with Gasteiger partial charge in [0.1, 0.15) is 0 Å². The summed E-state index contributed by atoms with van der Waals surface area (Å²) >= 11 is 0. The first-order chi connectivity index (χ1) is 6.75. The van der Waals surface area contributed by atoms with E-state index in [-0.39, 0.29) is 0 Å². The predicted molar refractivity (Wildman–Crippen MR) is 63.8 cm³/mol. The van der Waals surface area contributed by atoms with Gasteiger partial charge in [0.15, 0.2) is 0 Å². The van der Waals surface area contributed by atoms with Crippen LogP contribution in [0.1, 0.15) is 5.56 Å². The van der Waals surface area contributed by atoms with Gasteiger partial charge in [0.05, 0.1) is 5.69 Å². The van der Waals surface area contributed by atoms with Crippen LogP contribution in [-0.2, 0) is 0 Å². The summed E-state index contributed by atoms with van der Waals surface area (Å²) in [5.74, 6) is 0. The Morgan fingerprint density at radius 1 is 1.07 bits per heavy atom. The largest absolute Gasteiger partial charge is 0.256 e. The highest BCUT2D eigenvalue weighted by molar-refractivity contribution is 7.27. The zero-order valence-corrected chi connectivity index (χ0v) is 9.22. The molecular formula is C12H12NP. The molecule has 0 amide bonds. The third-order valence-corrected chi connectivity index (χ3v) is 2.49. The first-order valence-electron chi connectivity index (χ1n) is 4.54. The summed E-state index contributed by atoms with van der Waals surface area (Å²) in [6, 6.07) is 12.4. The summed E-state index contributed by atoms with van der Waals surface area (Å²) in [4.78, 5) is 4.33. The molecule has 0 radical (unpaired) electrons. The van der Waals surface area contributed by atoms with Gasteiger partial charge >= 0.3 is 0 Å². The van der Waals surface area contributed by atoms with Gasteiger partial charge in [-0.1, -0.05) is 29.8 Å². The number of hydrogen-bond donors (Lipinski definition) is 0. The lowest BCUT2D eigenvalue weighted by molar-refractivity contribution is 1.33. The zero-order valence-electron chi connectivity index (χ0n) is 8.07. The summed E-state index contributed by atoms with van der Waals surface area (Å²) in [5.41, 5.74) is 3.47. The minimum Gasteiger partial charge on any atom is -0.256 e. The Balaban J connectivity index is 2.44. The Kier molecular flexibility index (Phi) is 2.60. The van der Waals surface area contributed by atoms with Gasteiger partial charge in [-0.25, -0.2) is 0 Å². The monoisotopic (exact) mass is 201 g/mol. The molecule has 70 valence electrons. The third kappa shape index (κ3) is 2.00. The van der Waals surface area contributed by atoms with E-state index >= 15 is 0 Å². The van der Waals surface area contributed by atoms with Crippen molar-refractivity contribution in [3.05, 3.63) is 48.2 Å². The van der Waals surface area contributed by atoms with Crippen LogP contribution in [0.2, 0.25) is 0 Å². The molecule has 0 bridgehead atoms. The molecule has 0 aliphatic carbocycles. The van der Waals surface area contributed by atoms with Crippen LogP contribution < -0.4 is 5.30 Å². The summed E-state index contributed by atoms with van der Waals surface area (Å²) in [6.07, 6.45) is 1.83. The van der Waals surface area contributed by atoms with Crippen molar-refractivity contribution in [2.45, 2.75) is 6.92 Å². The normalized spacial score (nSPS) is 10.1. The van der Waals surface area contributed by atoms with Crippen LogP contribution >= 0.6 is 9.24 Å². The number of aryl methyl sites for hydroxylation is 1. The van der Waals surface area contributed by atoms with Gasteiger partial charge in [-0.15, -0.1) is 9.24 Å². The van der Waals surface area contributed by atoms with Crippen molar-refractivity contribution in [2.24, 2.45) is 0 Å². The number of hydrogen-bond acceptors (Lipinski definition) is 1. The molecule has 1 aromatic carbocycles. The fraction of sp³-hybridized carbons (Fsp3) is 0.0833. The van der Waals surface area contributed by atoms with Gasteiger partial charge in [-0.05, 0) is 24.4 Å². The number of rotatable bonds is 1. The summed E-state index contributed by atoms with van der Waals surface area (Å²) < 4.78 is 0. The first-order valence-corrected chi connectivity index (χ1v) is 5.12. The maximum absolute atomic E-state index is 4.33. The van der Waals surface area contributed by atoms with Crippen LogP contribution in [0.15, 0.2) is 42.6 Å². The summed E-state index contributed by atoms with van der Waals surface area (Å²) in [5, 5.41) is 1.16. The highest BCUT2D eigenvalue weighted by Gasteiger charge is 1.97. The van der Waals surface area contributed by atoms with Gasteiger partial charge in [-0.3, -0.25) is 4.98 Å². The van der Waals surface area contributed by atoms with Crippen molar-refractivity contribution < 1.29 is 0 Å². The van der Waals surface area contributed by atoms with E-state index in [1.165, 1.54) is 11.1 Å². The van der Waals surface area contributed by atoms with Crippen LogP contribution in [0, 0.1) is 6.92 Å². The zero-order chi connectivity index (χ0) is 9.97. The average molecular weight is 201 g/mol. The first kappa shape index (κ1) is 9.36. The minimum absolute atomic E-state index is 1.03. The van der Waals surface area contributed by atoms with Crippen molar-refractivity contribution in [3.63, 3.8) is 0 Å². The highest BCUT2D eigenvalue weighted by Crippen LogP contribution is 2.16. The Hall–Kier alpha value is -1.20. The Bertz CT molecular complexity index is 434. The number of nitrogens with zero attached hydrogens (tertiary/aromatic N) is 1. The molecule has 14 heavy (non-hydrogen) atoms. The van der Waals surface area contributed by atoms with Gasteiger partial charge in [-0.2, -0.15) is 0 Å². The van der Waals surface area contributed by atoms with Crippen LogP contribution in [0.5, 0.6) is 0 Å². The molecule has 1 aromatic heterocycles. The highest BCUT2D eigenvalue weighted by atomic mass is 31.0. The molecule has 0 spiro atoms. The second-order valence-corrected chi connectivity index (χ2v) is 4.01. The Morgan fingerprint density at radius 3 is 2.43 bits per heavy atom. The molecule has 1 atom stereocenters. The smallest absolute Gasteiger partial charge is 0.0708 e. The molecule has 0 saturated heterocycles. The molecule has 0 aliphatic rings. The number of aromatic nitrogens is 1. The van der Waals surface area contributed by atoms with Crippen molar-refractivity contribution in [3.8, 4) is 11.3 Å². The van der Waals surface area contributed by atoms with Gasteiger partial charge in [0, 0.05) is 11.8 Å². The molecule has 0 N–H and O–H groups in total. The van der Waals surface area contributed by atoms with Crippen LogP contribution in [-0.4, -0.2) is 4.98 Å². The molecule has 0 fully saturated rings. The quantitative estimate of drug-likeness (QED) is 0.646.